The van der Waals surface area contributed by atoms with Gasteiger partial charge in [0.2, 0.25) is 0 Å². The van der Waals surface area contributed by atoms with Crippen LogP contribution < -0.4 is 0 Å². The zero-order valence-corrected chi connectivity index (χ0v) is 13.1. The quantitative estimate of drug-likeness (QED) is 0.526. The Morgan fingerprint density at radius 1 is 0.682 bits per heavy atom. The normalized spacial score (nSPS) is 10.3. The van der Waals surface area contributed by atoms with E-state index in [1.165, 1.54) is 33.4 Å². The van der Waals surface area contributed by atoms with Crippen LogP contribution in [0.1, 0.15) is 27.8 Å². The molecule has 0 radical (unpaired) electrons. The van der Waals surface area contributed by atoms with Crippen molar-refractivity contribution in [1.29, 1.82) is 0 Å². The summed E-state index contributed by atoms with van der Waals surface area (Å²) in [6.07, 6.45) is 2.29. The monoisotopic (exact) mass is 284 g/mol. The van der Waals surface area contributed by atoms with Gasteiger partial charge in [-0.3, -0.25) is 0 Å². The molecule has 0 saturated heterocycles. The molecule has 108 valence electrons. The fourth-order valence-electron chi connectivity index (χ4n) is 2.71. The average Bonchev–Trinajstić information content (AvgIpc) is 2.56. The van der Waals surface area contributed by atoms with Crippen molar-refractivity contribution in [3.63, 3.8) is 0 Å². The van der Waals surface area contributed by atoms with E-state index in [2.05, 4.69) is 98.8 Å². The van der Waals surface area contributed by atoms with E-state index in [0.717, 1.165) is 0 Å². The van der Waals surface area contributed by atoms with Gasteiger partial charge < -0.3 is 0 Å². The highest BCUT2D eigenvalue weighted by molar-refractivity contribution is 5.91. The van der Waals surface area contributed by atoms with Crippen molar-refractivity contribution in [1.82, 2.24) is 0 Å². The van der Waals surface area contributed by atoms with Crippen LogP contribution in [0, 0.1) is 13.8 Å². The first kappa shape index (κ1) is 14.3. The lowest BCUT2D eigenvalue weighted by Crippen LogP contribution is -1.89. The minimum Gasteiger partial charge on any atom is -0.0622 e. The summed E-state index contributed by atoms with van der Waals surface area (Å²) in [5.74, 6) is 0. The number of rotatable bonds is 3. The Labute approximate surface area is 132 Å². The van der Waals surface area contributed by atoms with Gasteiger partial charge in [0.05, 0.1) is 0 Å². The second kappa shape index (κ2) is 6.44. The van der Waals surface area contributed by atoms with Crippen LogP contribution in [0.4, 0.5) is 0 Å². The molecule has 0 atom stereocenters. The Kier molecular flexibility index (Phi) is 4.20. The van der Waals surface area contributed by atoms with Crippen LogP contribution in [0.15, 0.2) is 78.9 Å². The Morgan fingerprint density at radius 3 is 1.73 bits per heavy atom. The van der Waals surface area contributed by atoms with E-state index < -0.39 is 0 Å². The molecule has 0 spiro atoms. The summed E-state index contributed by atoms with van der Waals surface area (Å²) >= 11 is 0. The number of aryl methyl sites for hydroxylation is 2. The molecule has 0 nitrogen and oxygen atoms in total. The third kappa shape index (κ3) is 3.17. The molecular weight excluding hydrogens is 264 g/mol. The molecule has 3 aromatic carbocycles. The lowest BCUT2D eigenvalue weighted by molar-refractivity contribution is 1.37. The fraction of sp³-hybridized carbons (Fsp3) is 0.0909. The molecule has 0 heterocycles. The molecule has 0 saturated carbocycles. The predicted molar refractivity (Wildman–Crippen MR) is 95.8 cm³/mol. The fourth-order valence-corrected chi connectivity index (χ4v) is 2.71. The van der Waals surface area contributed by atoms with Gasteiger partial charge in [0.25, 0.3) is 0 Å². The van der Waals surface area contributed by atoms with Crippen molar-refractivity contribution < 1.29 is 0 Å². The van der Waals surface area contributed by atoms with E-state index in [-0.39, 0.29) is 0 Å². The first-order chi connectivity index (χ1) is 10.7. The maximum atomic E-state index is 2.29. The van der Waals surface area contributed by atoms with Crippen LogP contribution in [0.3, 0.4) is 0 Å². The van der Waals surface area contributed by atoms with Gasteiger partial charge in [0, 0.05) is 0 Å². The molecule has 0 N–H and O–H groups in total. The molecule has 0 amide bonds. The van der Waals surface area contributed by atoms with Crippen LogP contribution in [0.5, 0.6) is 0 Å². The molecular formula is C22H20. The highest BCUT2D eigenvalue weighted by atomic mass is 14.1. The molecule has 3 rings (SSSR count). The van der Waals surface area contributed by atoms with Gasteiger partial charge in [-0.25, -0.2) is 0 Å². The summed E-state index contributed by atoms with van der Waals surface area (Å²) in [5.41, 5.74) is 7.63. The lowest BCUT2D eigenvalue weighted by Gasteiger charge is -2.10. The first-order valence-electron chi connectivity index (χ1n) is 7.64. The largest absolute Gasteiger partial charge is 0.0622 e. The predicted octanol–water partition coefficient (Wildman–Crippen LogP) is 5.89. The van der Waals surface area contributed by atoms with Gasteiger partial charge in [-0.1, -0.05) is 84.4 Å². The summed E-state index contributed by atoms with van der Waals surface area (Å²) in [7, 11) is 0. The minimum absolute atomic E-state index is 1.24. The topological polar surface area (TPSA) is 0 Å². The summed E-state index contributed by atoms with van der Waals surface area (Å²) in [6.45, 7) is 4.31. The van der Waals surface area contributed by atoms with Crippen molar-refractivity contribution >= 4 is 11.6 Å². The van der Waals surface area contributed by atoms with E-state index in [1.807, 2.05) is 0 Å². The Hall–Kier alpha value is -2.60. The first-order valence-corrected chi connectivity index (χ1v) is 7.64. The molecule has 0 bridgehead atoms. The number of benzene rings is 3. The SMILES string of the molecule is Cc1ccc(C=C(c2ccccc2)c2ccccc2)c(C)c1. The van der Waals surface area contributed by atoms with Crippen molar-refractivity contribution in [2.24, 2.45) is 0 Å². The smallest absolute Gasteiger partial charge is 0.0105 e. The van der Waals surface area contributed by atoms with Crippen LogP contribution >= 0.6 is 0 Å². The summed E-state index contributed by atoms with van der Waals surface area (Å²) in [4.78, 5) is 0. The molecule has 0 aromatic heterocycles. The van der Waals surface area contributed by atoms with E-state index in [9.17, 15) is 0 Å². The molecule has 0 aliphatic heterocycles. The van der Waals surface area contributed by atoms with Gasteiger partial charge in [0.15, 0.2) is 0 Å². The second-order valence-corrected chi connectivity index (χ2v) is 5.65. The molecule has 0 aliphatic rings. The van der Waals surface area contributed by atoms with Crippen LogP contribution in [0.25, 0.3) is 11.6 Å². The summed E-state index contributed by atoms with van der Waals surface area (Å²) < 4.78 is 0. The highest BCUT2D eigenvalue weighted by Gasteiger charge is 2.05. The molecule has 0 fully saturated rings. The van der Waals surface area contributed by atoms with Crippen LogP contribution in [-0.2, 0) is 0 Å². The highest BCUT2D eigenvalue weighted by Crippen LogP contribution is 2.27. The zero-order valence-electron chi connectivity index (χ0n) is 13.1. The van der Waals surface area contributed by atoms with Crippen LogP contribution in [-0.4, -0.2) is 0 Å². The summed E-state index contributed by atoms with van der Waals surface area (Å²) in [6, 6.07) is 27.8. The molecule has 22 heavy (non-hydrogen) atoms. The molecule has 0 heteroatoms. The van der Waals surface area contributed by atoms with E-state index in [4.69, 9.17) is 0 Å². The molecule has 0 aliphatic carbocycles. The maximum absolute atomic E-state index is 2.29. The van der Waals surface area contributed by atoms with Crippen LogP contribution in [0.2, 0.25) is 0 Å². The van der Waals surface area contributed by atoms with Gasteiger partial charge in [-0.2, -0.15) is 0 Å². The third-order valence-corrected chi connectivity index (χ3v) is 3.89. The standard InChI is InChI=1S/C22H20/c1-17-13-14-21(18(2)15-17)16-22(19-9-5-3-6-10-19)20-11-7-4-8-12-20/h3-16H,1-2H3. The summed E-state index contributed by atoms with van der Waals surface area (Å²) in [5, 5.41) is 0. The van der Waals surface area contributed by atoms with Crippen molar-refractivity contribution in [3.8, 4) is 0 Å². The van der Waals surface area contributed by atoms with Crippen molar-refractivity contribution in [2.75, 3.05) is 0 Å². The Bertz CT molecular complexity index is 739. The Balaban J connectivity index is 2.15. The van der Waals surface area contributed by atoms with Gasteiger partial charge >= 0.3 is 0 Å². The van der Waals surface area contributed by atoms with Gasteiger partial charge in [-0.05, 0) is 47.8 Å². The molecule has 3 aromatic rings. The third-order valence-electron chi connectivity index (χ3n) is 3.89. The lowest BCUT2D eigenvalue weighted by atomic mass is 9.94. The number of hydrogen-bond acceptors (Lipinski definition) is 0. The second-order valence-electron chi connectivity index (χ2n) is 5.65. The van der Waals surface area contributed by atoms with E-state index >= 15 is 0 Å². The van der Waals surface area contributed by atoms with Gasteiger partial charge in [0.1, 0.15) is 0 Å². The Morgan fingerprint density at radius 2 is 1.23 bits per heavy atom. The van der Waals surface area contributed by atoms with Crippen molar-refractivity contribution in [2.45, 2.75) is 13.8 Å². The van der Waals surface area contributed by atoms with Gasteiger partial charge in [-0.15, -0.1) is 0 Å². The average molecular weight is 284 g/mol. The van der Waals surface area contributed by atoms with E-state index in [0.29, 0.717) is 0 Å². The maximum Gasteiger partial charge on any atom is -0.0105 e. The minimum atomic E-state index is 1.24. The molecule has 0 unspecified atom stereocenters. The van der Waals surface area contributed by atoms with E-state index in [1.54, 1.807) is 0 Å². The zero-order chi connectivity index (χ0) is 15.4. The number of hydrogen-bond donors (Lipinski definition) is 0. The van der Waals surface area contributed by atoms with Crippen molar-refractivity contribution in [3.05, 3.63) is 107 Å².